The van der Waals surface area contributed by atoms with Gasteiger partial charge in [-0.15, -0.1) is 0 Å². The molecule has 2 aromatic heterocycles. The Kier molecular flexibility index (Phi) is 6.07. The number of hydrogen-bond acceptors (Lipinski definition) is 6. The Hall–Kier alpha value is -2.94. The van der Waals surface area contributed by atoms with Gasteiger partial charge in [0.2, 0.25) is 5.88 Å². The Labute approximate surface area is 134 Å². The fraction of sp³-hybridized carbons (Fsp3) is 0.294. The first-order chi connectivity index (χ1) is 11.2. The van der Waals surface area contributed by atoms with Crippen molar-refractivity contribution in [3.05, 3.63) is 42.4 Å². The van der Waals surface area contributed by atoms with Gasteiger partial charge in [0.1, 0.15) is 11.6 Å². The molecule has 0 amide bonds. The maximum Gasteiger partial charge on any atom is 0.305 e. The van der Waals surface area contributed by atoms with Crippen molar-refractivity contribution >= 4 is 5.97 Å². The molecule has 0 atom stereocenters. The number of nitrogens with zero attached hydrogens (tertiary/aromatic N) is 3. The zero-order chi connectivity index (χ0) is 16.5. The van der Waals surface area contributed by atoms with Crippen LogP contribution in [-0.4, -0.2) is 29.2 Å². The van der Waals surface area contributed by atoms with Gasteiger partial charge in [0.25, 0.3) is 0 Å². The molecule has 0 aliphatic rings. The van der Waals surface area contributed by atoms with E-state index in [1.807, 2.05) is 12.1 Å². The Bertz CT molecular complexity index is 696. The standard InChI is InChI=1S/C17H17N3O3/c1-2-16(21)22-8-3-9-23-17-14(11-18)10-15(12-20-17)13-4-6-19-7-5-13/h4-7,10,12H,2-3,8-9H2,1H3. The molecular weight excluding hydrogens is 294 g/mol. The highest BCUT2D eigenvalue weighted by Gasteiger charge is 2.08. The van der Waals surface area contributed by atoms with Gasteiger partial charge in [-0.3, -0.25) is 9.78 Å². The van der Waals surface area contributed by atoms with E-state index in [4.69, 9.17) is 9.47 Å². The van der Waals surface area contributed by atoms with Gasteiger partial charge in [-0.1, -0.05) is 6.92 Å². The fourth-order valence-corrected chi connectivity index (χ4v) is 1.87. The first-order valence-corrected chi connectivity index (χ1v) is 7.33. The molecular formula is C17H17N3O3. The van der Waals surface area contributed by atoms with E-state index >= 15 is 0 Å². The average molecular weight is 311 g/mol. The summed E-state index contributed by atoms with van der Waals surface area (Å²) in [6, 6.07) is 7.51. The van der Waals surface area contributed by atoms with Gasteiger partial charge in [0.15, 0.2) is 0 Å². The van der Waals surface area contributed by atoms with Crippen LogP contribution in [0.4, 0.5) is 0 Å². The van der Waals surface area contributed by atoms with Crippen molar-refractivity contribution in [3.63, 3.8) is 0 Å². The molecule has 2 rings (SSSR count). The Morgan fingerprint density at radius 1 is 1.26 bits per heavy atom. The number of rotatable bonds is 7. The van der Waals surface area contributed by atoms with Crippen LogP contribution in [-0.2, 0) is 9.53 Å². The smallest absolute Gasteiger partial charge is 0.305 e. The van der Waals surface area contributed by atoms with Crippen molar-refractivity contribution in [1.29, 1.82) is 5.26 Å². The highest BCUT2D eigenvalue weighted by molar-refractivity contribution is 5.68. The highest BCUT2D eigenvalue weighted by Crippen LogP contribution is 2.23. The molecule has 6 nitrogen and oxygen atoms in total. The van der Waals surface area contributed by atoms with Gasteiger partial charge in [-0.05, 0) is 23.8 Å². The number of carbonyl (C=O) groups is 1. The van der Waals surface area contributed by atoms with E-state index in [2.05, 4.69) is 16.0 Å². The van der Waals surface area contributed by atoms with E-state index in [1.54, 1.807) is 31.6 Å². The number of nitriles is 1. The van der Waals surface area contributed by atoms with Crippen molar-refractivity contribution in [2.45, 2.75) is 19.8 Å². The van der Waals surface area contributed by atoms with Crippen LogP contribution in [0.5, 0.6) is 5.88 Å². The maximum absolute atomic E-state index is 11.0. The van der Waals surface area contributed by atoms with E-state index < -0.39 is 0 Å². The van der Waals surface area contributed by atoms with Crippen LogP contribution in [0.2, 0.25) is 0 Å². The third kappa shape index (κ3) is 4.78. The molecule has 0 N–H and O–H groups in total. The number of hydrogen-bond donors (Lipinski definition) is 0. The van der Waals surface area contributed by atoms with Gasteiger partial charge in [0, 0.05) is 37.0 Å². The van der Waals surface area contributed by atoms with Crippen LogP contribution >= 0.6 is 0 Å². The van der Waals surface area contributed by atoms with Crippen LogP contribution in [0.25, 0.3) is 11.1 Å². The molecule has 23 heavy (non-hydrogen) atoms. The monoisotopic (exact) mass is 311 g/mol. The van der Waals surface area contributed by atoms with Crippen LogP contribution in [0.15, 0.2) is 36.8 Å². The molecule has 118 valence electrons. The summed E-state index contributed by atoms with van der Waals surface area (Å²) < 4.78 is 10.4. The van der Waals surface area contributed by atoms with E-state index in [-0.39, 0.29) is 11.8 Å². The van der Waals surface area contributed by atoms with Crippen LogP contribution in [0.1, 0.15) is 25.3 Å². The minimum absolute atomic E-state index is 0.234. The first kappa shape index (κ1) is 16.4. The van der Waals surface area contributed by atoms with Gasteiger partial charge >= 0.3 is 5.97 Å². The molecule has 0 fully saturated rings. The second-order valence-corrected chi connectivity index (χ2v) is 4.70. The van der Waals surface area contributed by atoms with Crippen molar-refractivity contribution in [1.82, 2.24) is 9.97 Å². The van der Waals surface area contributed by atoms with Crippen molar-refractivity contribution in [2.24, 2.45) is 0 Å². The number of aromatic nitrogens is 2. The van der Waals surface area contributed by atoms with Crippen molar-refractivity contribution in [2.75, 3.05) is 13.2 Å². The lowest BCUT2D eigenvalue weighted by molar-refractivity contribution is -0.143. The molecule has 0 spiro atoms. The number of ether oxygens (including phenoxy) is 2. The topological polar surface area (TPSA) is 85.1 Å². The summed E-state index contributed by atoms with van der Waals surface area (Å²) in [7, 11) is 0. The lowest BCUT2D eigenvalue weighted by atomic mass is 10.1. The van der Waals surface area contributed by atoms with Gasteiger partial charge in [-0.25, -0.2) is 4.98 Å². The number of esters is 1. The zero-order valence-corrected chi connectivity index (χ0v) is 12.9. The predicted molar refractivity (Wildman–Crippen MR) is 83.5 cm³/mol. The molecule has 0 unspecified atom stereocenters. The lowest BCUT2D eigenvalue weighted by Crippen LogP contribution is -2.08. The van der Waals surface area contributed by atoms with Crippen LogP contribution in [0, 0.1) is 11.3 Å². The van der Waals surface area contributed by atoms with E-state index in [0.29, 0.717) is 31.6 Å². The molecule has 0 aliphatic heterocycles. The second-order valence-electron chi connectivity index (χ2n) is 4.70. The van der Waals surface area contributed by atoms with Gasteiger partial charge in [0.05, 0.1) is 13.2 Å². The number of carbonyl (C=O) groups excluding carboxylic acids is 1. The Morgan fingerprint density at radius 2 is 2.04 bits per heavy atom. The molecule has 0 aromatic carbocycles. The SMILES string of the molecule is CCC(=O)OCCCOc1ncc(-c2ccncc2)cc1C#N. The minimum atomic E-state index is -0.234. The second kappa shape index (κ2) is 8.49. The van der Waals surface area contributed by atoms with Gasteiger partial charge < -0.3 is 9.47 Å². The third-order valence-electron chi connectivity index (χ3n) is 3.06. The van der Waals surface area contributed by atoms with E-state index in [9.17, 15) is 10.1 Å². The summed E-state index contributed by atoms with van der Waals surface area (Å²) >= 11 is 0. The summed E-state index contributed by atoms with van der Waals surface area (Å²) in [4.78, 5) is 19.2. The highest BCUT2D eigenvalue weighted by atomic mass is 16.5. The normalized spacial score (nSPS) is 9.91. The summed E-state index contributed by atoms with van der Waals surface area (Å²) in [6.45, 7) is 2.36. The summed E-state index contributed by atoms with van der Waals surface area (Å²) in [6.07, 6.45) is 5.93. The van der Waals surface area contributed by atoms with Crippen LogP contribution < -0.4 is 4.74 Å². The summed E-state index contributed by atoms with van der Waals surface area (Å²) in [5.74, 6) is 0.0506. The summed E-state index contributed by atoms with van der Waals surface area (Å²) in [5, 5.41) is 9.25. The molecule has 0 aliphatic carbocycles. The van der Waals surface area contributed by atoms with Crippen LogP contribution in [0.3, 0.4) is 0 Å². The molecule has 2 heterocycles. The predicted octanol–water partition coefficient (Wildman–Crippen LogP) is 2.74. The summed E-state index contributed by atoms with van der Waals surface area (Å²) in [5.41, 5.74) is 2.13. The fourth-order valence-electron chi connectivity index (χ4n) is 1.87. The molecule has 0 saturated heterocycles. The average Bonchev–Trinajstić information content (AvgIpc) is 2.62. The number of pyridine rings is 2. The lowest BCUT2D eigenvalue weighted by Gasteiger charge is -2.08. The van der Waals surface area contributed by atoms with Gasteiger partial charge in [-0.2, -0.15) is 5.26 Å². The Balaban J connectivity index is 1.95. The minimum Gasteiger partial charge on any atom is -0.477 e. The molecule has 0 radical (unpaired) electrons. The van der Waals surface area contributed by atoms with Crippen molar-refractivity contribution < 1.29 is 14.3 Å². The first-order valence-electron chi connectivity index (χ1n) is 7.33. The largest absolute Gasteiger partial charge is 0.477 e. The zero-order valence-electron chi connectivity index (χ0n) is 12.9. The maximum atomic E-state index is 11.0. The molecule has 6 heteroatoms. The quantitative estimate of drug-likeness (QED) is 0.577. The Morgan fingerprint density at radius 3 is 2.74 bits per heavy atom. The third-order valence-corrected chi connectivity index (χ3v) is 3.06. The molecule has 2 aromatic rings. The van der Waals surface area contributed by atoms with E-state index in [1.165, 1.54) is 0 Å². The molecule has 0 saturated carbocycles. The molecule has 0 bridgehead atoms. The van der Waals surface area contributed by atoms with E-state index in [0.717, 1.165) is 11.1 Å². The van der Waals surface area contributed by atoms with Crippen molar-refractivity contribution in [3.8, 4) is 23.1 Å².